The van der Waals surface area contributed by atoms with Crippen molar-refractivity contribution in [3.8, 4) is 0 Å². The fourth-order valence-electron chi connectivity index (χ4n) is 0.779. The minimum absolute atomic E-state index is 0.214. The highest BCUT2D eigenvalue weighted by atomic mass is 127. The Bertz CT molecular complexity index is 264. The summed E-state index contributed by atoms with van der Waals surface area (Å²) in [5.74, 6) is 0. The summed E-state index contributed by atoms with van der Waals surface area (Å²) in [7, 11) is 0. The van der Waals surface area contributed by atoms with Crippen molar-refractivity contribution in [2.75, 3.05) is 0 Å². The SMILES string of the molecule is OCc1nn(CC(F)F)cc1I. The minimum Gasteiger partial charge on any atom is -0.390 e. The first-order chi connectivity index (χ1) is 5.63. The van der Waals surface area contributed by atoms with Gasteiger partial charge in [-0.2, -0.15) is 5.10 Å². The maximum Gasteiger partial charge on any atom is 0.257 e. The molecule has 0 atom stereocenters. The number of nitrogens with zero attached hydrogens (tertiary/aromatic N) is 2. The van der Waals surface area contributed by atoms with Crippen LogP contribution in [0.1, 0.15) is 5.69 Å². The van der Waals surface area contributed by atoms with Crippen LogP contribution < -0.4 is 0 Å². The lowest BCUT2D eigenvalue weighted by atomic mass is 10.5. The number of rotatable bonds is 3. The van der Waals surface area contributed by atoms with Crippen molar-refractivity contribution >= 4 is 22.6 Å². The monoisotopic (exact) mass is 288 g/mol. The molecule has 0 aliphatic rings. The molecular weight excluding hydrogens is 281 g/mol. The molecule has 0 bridgehead atoms. The Morgan fingerprint density at radius 2 is 2.33 bits per heavy atom. The molecule has 0 amide bonds. The topological polar surface area (TPSA) is 38.1 Å². The number of hydrogen-bond acceptors (Lipinski definition) is 2. The van der Waals surface area contributed by atoms with E-state index in [4.69, 9.17) is 5.11 Å². The molecule has 1 heterocycles. The second-order valence-corrected chi connectivity index (χ2v) is 3.36. The predicted molar refractivity (Wildman–Crippen MR) is 46.9 cm³/mol. The van der Waals surface area contributed by atoms with E-state index in [9.17, 15) is 8.78 Å². The maximum atomic E-state index is 11.8. The summed E-state index contributed by atoms with van der Waals surface area (Å²) < 4.78 is 25.5. The van der Waals surface area contributed by atoms with Gasteiger partial charge in [-0.3, -0.25) is 4.68 Å². The summed E-state index contributed by atoms with van der Waals surface area (Å²) in [6.45, 7) is -0.634. The quantitative estimate of drug-likeness (QED) is 0.850. The van der Waals surface area contributed by atoms with Crippen molar-refractivity contribution in [2.24, 2.45) is 0 Å². The number of hydrogen-bond donors (Lipinski definition) is 1. The third kappa shape index (κ3) is 2.37. The predicted octanol–water partition coefficient (Wildman–Crippen LogP) is 1.25. The summed E-state index contributed by atoms with van der Waals surface area (Å²) in [5.41, 5.74) is 0.441. The van der Waals surface area contributed by atoms with Gasteiger partial charge in [0.25, 0.3) is 6.43 Å². The van der Waals surface area contributed by atoms with E-state index in [1.165, 1.54) is 6.20 Å². The minimum atomic E-state index is -2.41. The number of aliphatic hydroxyl groups excluding tert-OH is 1. The number of aliphatic hydroxyl groups is 1. The summed E-state index contributed by atoms with van der Waals surface area (Å²) in [6.07, 6.45) is -0.926. The summed E-state index contributed by atoms with van der Waals surface area (Å²) in [4.78, 5) is 0. The van der Waals surface area contributed by atoms with E-state index in [-0.39, 0.29) is 6.61 Å². The number of aromatic nitrogens is 2. The van der Waals surface area contributed by atoms with Gasteiger partial charge in [0.15, 0.2) is 0 Å². The summed E-state index contributed by atoms with van der Waals surface area (Å²) in [6, 6.07) is 0. The van der Waals surface area contributed by atoms with Crippen molar-refractivity contribution in [3.63, 3.8) is 0 Å². The third-order valence-corrected chi connectivity index (χ3v) is 2.16. The van der Waals surface area contributed by atoms with Gasteiger partial charge in [-0.1, -0.05) is 0 Å². The molecule has 6 heteroatoms. The van der Waals surface area contributed by atoms with Gasteiger partial charge in [-0.15, -0.1) is 0 Å². The molecule has 0 radical (unpaired) electrons. The van der Waals surface area contributed by atoms with Gasteiger partial charge in [0, 0.05) is 6.20 Å². The molecule has 68 valence electrons. The van der Waals surface area contributed by atoms with Gasteiger partial charge in [-0.05, 0) is 22.6 Å². The average molecular weight is 288 g/mol. The molecule has 0 aromatic carbocycles. The highest BCUT2D eigenvalue weighted by molar-refractivity contribution is 14.1. The standard InChI is InChI=1S/C6H7F2IN2O/c7-6(8)2-11-1-4(9)5(3-12)10-11/h1,6,12H,2-3H2. The van der Waals surface area contributed by atoms with Crippen LogP contribution >= 0.6 is 22.6 Å². The fourth-order valence-corrected chi connectivity index (χ4v) is 1.38. The van der Waals surface area contributed by atoms with E-state index in [0.29, 0.717) is 9.26 Å². The van der Waals surface area contributed by atoms with Crippen molar-refractivity contribution in [2.45, 2.75) is 19.6 Å². The van der Waals surface area contributed by atoms with E-state index < -0.39 is 13.0 Å². The van der Waals surface area contributed by atoms with Crippen molar-refractivity contribution in [3.05, 3.63) is 15.5 Å². The van der Waals surface area contributed by atoms with E-state index in [1.54, 1.807) is 0 Å². The zero-order chi connectivity index (χ0) is 9.14. The molecule has 1 N–H and O–H groups in total. The number of halogens is 3. The fraction of sp³-hybridized carbons (Fsp3) is 0.500. The van der Waals surface area contributed by atoms with Gasteiger partial charge in [0.1, 0.15) is 12.2 Å². The Labute approximate surface area is 81.5 Å². The first-order valence-corrected chi connectivity index (χ1v) is 4.32. The molecule has 12 heavy (non-hydrogen) atoms. The van der Waals surface area contributed by atoms with Crippen LogP contribution in [0.15, 0.2) is 6.20 Å². The van der Waals surface area contributed by atoms with E-state index >= 15 is 0 Å². The van der Waals surface area contributed by atoms with Gasteiger partial charge in [0.05, 0.1) is 10.2 Å². The molecule has 1 aromatic heterocycles. The van der Waals surface area contributed by atoms with Crippen LogP contribution in [-0.2, 0) is 13.2 Å². The van der Waals surface area contributed by atoms with Gasteiger partial charge < -0.3 is 5.11 Å². The second kappa shape index (κ2) is 4.13. The molecule has 3 nitrogen and oxygen atoms in total. The van der Waals surface area contributed by atoms with Crippen LogP contribution in [0, 0.1) is 3.57 Å². The maximum absolute atomic E-state index is 11.8. The van der Waals surface area contributed by atoms with E-state index in [1.807, 2.05) is 22.6 Å². The first kappa shape index (κ1) is 9.85. The molecule has 0 fully saturated rings. The molecule has 1 rings (SSSR count). The highest BCUT2D eigenvalue weighted by Crippen LogP contribution is 2.10. The molecular formula is C6H7F2IN2O. The lowest BCUT2D eigenvalue weighted by molar-refractivity contribution is 0.121. The molecule has 0 saturated carbocycles. The van der Waals surface area contributed by atoms with Crippen molar-refractivity contribution in [1.82, 2.24) is 9.78 Å². The Morgan fingerprint density at radius 3 is 2.75 bits per heavy atom. The Kier molecular flexibility index (Phi) is 3.39. The van der Waals surface area contributed by atoms with Crippen LogP contribution in [0.5, 0.6) is 0 Å². The van der Waals surface area contributed by atoms with Gasteiger partial charge in [-0.25, -0.2) is 8.78 Å². The van der Waals surface area contributed by atoms with Gasteiger partial charge >= 0.3 is 0 Å². The Hall–Kier alpha value is -0.240. The van der Waals surface area contributed by atoms with Gasteiger partial charge in [0.2, 0.25) is 0 Å². The molecule has 1 aromatic rings. The van der Waals surface area contributed by atoms with Crippen LogP contribution in [0.4, 0.5) is 8.78 Å². The van der Waals surface area contributed by atoms with E-state index in [2.05, 4.69) is 5.10 Å². The van der Waals surface area contributed by atoms with Crippen LogP contribution in [0.3, 0.4) is 0 Å². The second-order valence-electron chi connectivity index (χ2n) is 2.19. The molecule has 0 aliphatic carbocycles. The lowest BCUT2D eigenvalue weighted by Crippen LogP contribution is -2.07. The summed E-state index contributed by atoms with van der Waals surface area (Å²) in [5, 5.41) is 12.4. The molecule has 0 spiro atoms. The number of alkyl halides is 2. The smallest absolute Gasteiger partial charge is 0.257 e. The van der Waals surface area contributed by atoms with Crippen LogP contribution in [0.25, 0.3) is 0 Å². The first-order valence-electron chi connectivity index (χ1n) is 3.24. The normalized spacial score (nSPS) is 11.1. The molecule has 0 saturated heterocycles. The van der Waals surface area contributed by atoms with Crippen LogP contribution in [0.2, 0.25) is 0 Å². The van der Waals surface area contributed by atoms with Crippen molar-refractivity contribution < 1.29 is 13.9 Å². The van der Waals surface area contributed by atoms with Crippen molar-refractivity contribution in [1.29, 1.82) is 0 Å². The highest BCUT2D eigenvalue weighted by Gasteiger charge is 2.08. The lowest BCUT2D eigenvalue weighted by Gasteiger charge is -1.97. The zero-order valence-corrected chi connectivity index (χ0v) is 8.20. The molecule has 0 unspecified atom stereocenters. The molecule has 0 aliphatic heterocycles. The summed E-state index contributed by atoms with van der Waals surface area (Å²) >= 11 is 1.94. The average Bonchev–Trinajstić information content (AvgIpc) is 2.29. The van der Waals surface area contributed by atoms with E-state index in [0.717, 1.165) is 4.68 Å². The third-order valence-electron chi connectivity index (χ3n) is 1.26. The Morgan fingerprint density at radius 1 is 1.67 bits per heavy atom. The zero-order valence-electron chi connectivity index (χ0n) is 6.04. The van der Waals surface area contributed by atoms with Crippen LogP contribution in [-0.4, -0.2) is 21.3 Å². The largest absolute Gasteiger partial charge is 0.390 e. The Balaban J connectivity index is 2.75.